The average Bonchev–Trinajstić information content (AvgIpc) is 3.22. The van der Waals surface area contributed by atoms with Crippen LogP contribution in [0.15, 0.2) is 30.3 Å². The lowest BCUT2D eigenvalue weighted by atomic mass is 9.70. The molecule has 1 saturated heterocycles. The fourth-order valence-corrected chi connectivity index (χ4v) is 5.59. The van der Waals surface area contributed by atoms with Crippen LogP contribution in [0.1, 0.15) is 44.0 Å². The summed E-state index contributed by atoms with van der Waals surface area (Å²) in [6, 6.07) is 9.07. The van der Waals surface area contributed by atoms with Crippen LogP contribution >= 0.6 is 0 Å². The molecule has 3 aliphatic rings. The van der Waals surface area contributed by atoms with Gasteiger partial charge in [-0.05, 0) is 35.8 Å². The van der Waals surface area contributed by atoms with E-state index in [0.29, 0.717) is 37.0 Å². The molecule has 1 N–H and O–H groups in total. The van der Waals surface area contributed by atoms with Gasteiger partial charge in [-0.2, -0.15) is 0 Å². The third kappa shape index (κ3) is 2.09. The van der Waals surface area contributed by atoms with Crippen molar-refractivity contribution in [1.29, 1.82) is 0 Å². The zero-order valence-electron chi connectivity index (χ0n) is 14.6. The number of hydrogen-bond acceptors (Lipinski definition) is 4. The quantitative estimate of drug-likeness (QED) is 0.865. The van der Waals surface area contributed by atoms with E-state index >= 15 is 0 Å². The monoisotopic (exact) mass is 330 g/mol. The molecule has 0 bridgehead atoms. The van der Waals surface area contributed by atoms with Crippen molar-refractivity contribution in [3.63, 3.8) is 0 Å². The van der Waals surface area contributed by atoms with Crippen molar-refractivity contribution < 1.29 is 19.4 Å². The summed E-state index contributed by atoms with van der Waals surface area (Å²) in [5.41, 5.74) is 0.559. The molecular formula is C20H26O4. The van der Waals surface area contributed by atoms with Crippen molar-refractivity contribution in [2.75, 3.05) is 13.2 Å². The second kappa shape index (κ2) is 5.06. The highest BCUT2D eigenvalue weighted by atomic mass is 16.6. The molecule has 24 heavy (non-hydrogen) atoms. The number of fused-ring (bicyclic) bond motifs is 1. The van der Waals surface area contributed by atoms with Gasteiger partial charge in [0, 0.05) is 17.8 Å². The lowest BCUT2D eigenvalue weighted by molar-refractivity contribution is -0.290. The lowest BCUT2D eigenvalue weighted by Gasteiger charge is -2.46. The molecule has 2 aliphatic carbocycles. The largest absolute Gasteiger partial charge is 0.462 e. The van der Waals surface area contributed by atoms with Crippen LogP contribution in [-0.2, 0) is 9.47 Å². The number of aliphatic hydroxyl groups is 1. The Labute approximate surface area is 143 Å². The predicted octanol–water partition coefficient (Wildman–Crippen LogP) is 3.25. The van der Waals surface area contributed by atoms with Gasteiger partial charge in [-0.25, -0.2) is 4.79 Å². The molecule has 0 amide bonds. The topological polar surface area (TPSA) is 55.8 Å². The van der Waals surface area contributed by atoms with Crippen LogP contribution < -0.4 is 0 Å². The van der Waals surface area contributed by atoms with Gasteiger partial charge in [-0.15, -0.1) is 0 Å². The molecule has 1 unspecified atom stereocenters. The Bertz CT molecular complexity index is 655. The molecule has 1 aromatic rings. The van der Waals surface area contributed by atoms with Crippen LogP contribution in [0.5, 0.6) is 0 Å². The summed E-state index contributed by atoms with van der Waals surface area (Å²) in [5, 5.41) is 10.9. The zero-order chi connectivity index (χ0) is 17.2. The number of hydrogen-bond donors (Lipinski definition) is 1. The van der Waals surface area contributed by atoms with Gasteiger partial charge in [-0.1, -0.05) is 39.0 Å². The van der Waals surface area contributed by atoms with E-state index in [9.17, 15) is 9.90 Å². The number of carbonyl (C=O) groups is 1. The molecule has 5 atom stereocenters. The summed E-state index contributed by atoms with van der Waals surface area (Å²) in [7, 11) is 0. The summed E-state index contributed by atoms with van der Waals surface area (Å²) >= 11 is 0. The number of ether oxygens (including phenoxy) is 2. The van der Waals surface area contributed by atoms with Gasteiger partial charge in [0.05, 0.1) is 18.8 Å². The molecular weight excluding hydrogens is 304 g/mol. The Kier molecular flexibility index (Phi) is 3.39. The van der Waals surface area contributed by atoms with Crippen LogP contribution in [0, 0.1) is 28.6 Å². The van der Waals surface area contributed by atoms with E-state index in [4.69, 9.17) is 9.47 Å². The van der Waals surface area contributed by atoms with E-state index in [1.54, 1.807) is 12.1 Å². The van der Waals surface area contributed by atoms with Gasteiger partial charge in [0.1, 0.15) is 0 Å². The zero-order valence-corrected chi connectivity index (χ0v) is 14.6. The maximum absolute atomic E-state index is 12.2. The van der Waals surface area contributed by atoms with Crippen LogP contribution in [0.4, 0.5) is 0 Å². The SMILES string of the molecule is CC1(C)CC[C@]2(O)OC[C@@H](COC(=O)c3ccccc3)[C@@H]3[C@H]1C32C. The molecule has 1 heterocycles. The van der Waals surface area contributed by atoms with Crippen molar-refractivity contribution >= 4 is 5.97 Å². The molecule has 0 radical (unpaired) electrons. The summed E-state index contributed by atoms with van der Waals surface area (Å²) in [6.45, 7) is 7.54. The van der Waals surface area contributed by atoms with Gasteiger partial charge < -0.3 is 14.6 Å². The second-order valence-corrected chi connectivity index (χ2v) is 8.59. The summed E-state index contributed by atoms with van der Waals surface area (Å²) < 4.78 is 11.5. The average molecular weight is 330 g/mol. The Hall–Kier alpha value is -1.39. The molecule has 1 aromatic carbocycles. The van der Waals surface area contributed by atoms with E-state index in [0.717, 1.165) is 6.42 Å². The van der Waals surface area contributed by atoms with Gasteiger partial charge in [0.2, 0.25) is 0 Å². The normalized spacial score (nSPS) is 42.1. The standard InChI is InChI=1S/C20H26O4/c1-18(2)9-10-20(22)19(3)15(16(18)19)14(12-24-20)11-23-17(21)13-7-5-4-6-8-13/h4-8,14-16,22H,9-12H2,1-3H3/t14-,15-,16-,19?,20+/m1/s1. The van der Waals surface area contributed by atoms with E-state index in [1.165, 1.54) is 0 Å². The number of rotatable bonds is 3. The van der Waals surface area contributed by atoms with Crippen molar-refractivity contribution in [3.05, 3.63) is 35.9 Å². The third-order valence-electron chi connectivity index (χ3n) is 6.86. The van der Waals surface area contributed by atoms with Gasteiger partial charge in [-0.3, -0.25) is 0 Å². The summed E-state index contributed by atoms with van der Waals surface area (Å²) in [4.78, 5) is 12.2. The van der Waals surface area contributed by atoms with Crippen LogP contribution in [0.25, 0.3) is 0 Å². The Morgan fingerprint density at radius 1 is 1.25 bits per heavy atom. The van der Waals surface area contributed by atoms with E-state index in [2.05, 4.69) is 20.8 Å². The fourth-order valence-electron chi connectivity index (χ4n) is 5.59. The van der Waals surface area contributed by atoms with E-state index in [-0.39, 0.29) is 22.7 Å². The third-order valence-corrected chi connectivity index (χ3v) is 6.86. The minimum Gasteiger partial charge on any atom is -0.462 e. The molecule has 0 spiro atoms. The van der Waals surface area contributed by atoms with Gasteiger partial charge in [0.15, 0.2) is 5.79 Å². The minimum atomic E-state index is -1.00. The van der Waals surface area contributed by atoms with E-state index < -0.39 is 5.79 Å². The van der Waals surface area contributed by atoms with Crippen LogP contribution in [0.2, 0.25) is 0 Å². The highest BCUT2D eigenvalue weighted by molar-refractivity contribution is 5.89. The number of carbonyl (C=O) groups excluding carboxylic acids is 1. The number of esters is 1. The highest BCUT2D eigenvalue weighted by Gasteiger charge is 2.80. The smallest absolute Gasteiger partial charge is 0.338 e. The first kappa shape index (κ1) is 16.1. The van der Waals surface area contributed by atoms with Crippen molar-refractivity contribution in [2.45, 2.75) is 39.4 Å². The first-order valence-corrected chi connectivity index (χ1v) is 8.88. The molecule has 1 aliphatic heterocycles. The van der Waals surface area contributed by atoms with Crippen molar-refractivity contribution in [2.24, 2.45) is 28.6 Å². The first-order valence-electron chi connectivity index (χ1n) is 8.88. The predicted molar refractivity (Wildman–Crippen MR) is 89.2 cm³/mol. The maximum atomic E-state index is 12.2. The Morgan fingerprint density at radius 3 is 2.67 bits per heavy atom. The molecule has 4 rings (SSSR count). The molecule has 4 heteroatoms. The molecule has 2 saturated carbocycles. The van der Waals surface area contributed by atoms with Crippen molar-refractivity contribution in [3.8, 4) is 0 Å². The lowest BCUT2D eigenvalue weighted by Crippen LogP contribution is -2.51. The molecule has 3 fully saturated rings. The molecule has 0 aromatic heterocycles. The van der Waals surface area contributed by atoms with Crippen LogP contribution in [-0.4, -0.2) is 30.1 Å². The molecule has 130 valence electrons. The summed E-state index contributed by atoms with van der Waals surface area (Å²) in [5.74, 6) is -0.351. The number of benzene rings is 1. The fraction of sp³-hybridized carbons (Fsp3) is 0.650. The maximum Gasteiger partial charge on any atom is 0.338 e. The highest BCUT2D eigenvalue weighted by Crippen LogP contribution is 2.78. The van der Waals surface area contributed by atoms with Crippen molar-refractivity contribution in [1.82, 2.24) is 0 Å². The summed E-state index contributed by atoms with van der Waals surface area (Å²) in [6.07, 6.45) is 1.66. The van der Waals surface area contributed by atoms with E-state index in [1.807, 2.05) is 18.2 Å². The Balaban J connectivity index is 1.48. The minimum absolute atomic E-state index is 0.158. The van der Waals surface area contributed by atoms with Crippen LogP contribution in [0.3, 0.4) is 0 Å². The van der Waals surface area contributed by atoms with Gasteiger partial charge >= 0.3 is 5.97 Å². The first-order chi connectivity index (χ1) is 11.3. The Morgan fingerprint density at radius 2 is 1.96 bits per heavy atom. The van der Waals surface area contributed by atoms with Gasteiger partial charge in [0.25, 0.3) is 0 Å². The second-order valence-electron chi connectivity index (χ2n) is 8.59. The molecule has 4 nitrogen and oxygen atoms in total.